The summed E-state index contributed by atoms with van der Waals surface area (Å²) >= 11 is 1.38. The summed E-state index contributed by atoms with van der Waals surface area (Å²) in [6.45, 7) is 2.01. The lowest BCUT2D eigenvalue weighted by molar-refractivity contribution is 1.05. The number of benzene rings is 2. The van der Waals surface area contributed by atoms with Crippen molar-refractivity contribution in [1.29, 1.82) is 0 Å². The fourth-order valence-corrected chi connectivity index (χ4v) is 2.65. The summed E-state index contributed by atoms with van der Waals surface area (Å²) in [5, 5.41) is 0.476. The maximum absolute atomic E-state index is 12.0. The van der Waals surface area contributed by atoms with Crippen molar-refractivity contribution in [2.24, 2.45) is 0 Å². The Hall–Kier alpha value is -2.07. The van der Waals surface area contributed by atoms with E-state index < -0.39 is 0 Å². The van der Waals surface area contributed by atoms with Crippen molar-refractivity contribution < 1.29 is 0 Å². The number of aromatic amines is 1. The van der Waals surface area contributed by atoms with Crippen molar-refractivity contribution in [2.45, 2.75) is 16.8 Å². The molecule has 0 radical (unpaired) electrons. The van der Waals surface area contributed by atoms with Crippen LogP contribution in [0.1, 0.15) is 5.56 Å². The SMILES string of the molecule is Cc1ccc2[nH]c(=O)c(Sc3ccccc3)nc2c1. The molecule has 2 aromatic carbocycles. The number of hydrogen-bond acceptors (Lipinski definition) is 3. The molecule has 0 aliphatic carbocycles. The van der Waals surface area contributed by atoms with Crippen molar-refractivity contribution in [2.75, 3.05) is 0 Å². The molecule has 0 saturated heterocycles. The molecule has 1 aromatic heterocycles. The summed E-state index contributed by atoms with van der Waals surface area (Å²) in [5.74, 6) is 0. The third-order valence-corrected chi connectivity index (χ3v) is 3.75. The predicted molar refractivity (Wildman–Crippen MR) is 77.7 cm³/mol. The molecule has 0 aliphatic heterocycles. The van der Waals surface area contributed by atoms with Gasteiger partial charge in [-0.15, -0.1) is 0 Å². The van der Waals surface area contributed by atoms with E-state index in [9.17, 15) is 4.79 Å². The van der Waals surface area contributed by atoms with Crippen molar-refractivity contribution in [3.05, 3.63) is 64.4 Å². The summed E-state index contributed by atoms with van der Waals surface area (Å²) in [6.07, 6.45) is 0. The molecule has 0 fully saturated rings. The Bertz CT molecular complexity index is 781. The highest BCUT2D eigenvalue weighted by Crippen LogP contribution is 2.24. The highest BCUT2D eigenvalue weighted by Gasteiger charge is 2.06. The van der Waals surface area contributed by atoms with Gasteiger partial charge in [0, 0.05) is 4.90 Å². The first-order chi connectivity index (χ1) is 9.22. The molecule has 1 heterocycles. The normalized spacial score (nSPS) is 10.8. The number of aryl methyl sites for hydroxylation is 1. The van der Waals surface area contributed by atoms with Gasteiger partial charge >= 0.3 is 0 Å². The molecular weight excluding hydrogens is 256 g/mol. The molecule has 3 aromatic rings. The zero-order valence-corrected chi connectivity index (χ0v) is 11.2. The number of nitrogens with one attached hydrogen (secondary N) is 1. The summed E-state index contributed by atoms with van der Waals surface area (Å²) < 4.78 is 0. The summed E-state index contributed by atoms with van der Waals surface area (Å²) in [5.41, 5.74) is 2.57. The molecule has 0 saturated carbocycles. The Kier molecular flexibility index (Phi) is 3.09. The molecule has 0 unspecified atom stereocenters. The quantitative estimate of drug-likeness (QED) is 0.775. The molecule has 0 spiro atoms. The number of rotatable bonds is 2. The van der Waals surface area contributed by atoms with Crippen molar-refractivity contribution in [3.8, 4) is 0 Å². The highest BCUT2D eigenvalue weighted by atomic mass is 32.2. The minimum atomic E-state index is -0.148. The second kappa shape index (κ2) is 4.90. The zero-order valence-electron chi connectivity index (χ0n) is 10.4. The van der Waals surface area contributed by atoms with E-state index in [4.69, 9.17) is 0 Å². The molecule has 0 aliphatic rings. The number of hydrogen-bond donors (Lipinski definition) is 1. The van der Waals surface area contributed by atoms with Gasteiger partial charge in [-0.3, -0.25) is 4.79 Å². The van der Waals surface area contributed by atoms with Crippen LogP contribution in [0.25, 0.3) is 11.0 Å². The van der Waals surface area contributed by atoms with Gasteiger partial charge in [0.05, 0.1) is 11.0 Å². The molecule has 3 nitrogen and oxygen atoms in total. The van der Waals surface area contributed by atoms with Crippen LogP contribution < -0.4 is 5.56 Å². The molecule has 0 amide bonds. The van der Waals surface area contributed by atoms with E-state index in [1.807, 2.05) is 55.5 Å². The lowest BCUT2D eigenvalue weighted by atomic mass is 10.2. The van der Waals surface area contributed by atoms with Gasteiger partial charge in [0.15, 0.2) is 5.03 Å². The van der Waals surface area contributed by atoms with Crippen LogP contribution in [0.4, 0.5) is 0 Å². The van der Waals surface area contributed by atoms with Crippen LogP contribution in [0.15, 0.2) is 63.2 Å². The molecule has 0 atom stereocenters. The van der Waals surface area contributed by atoms with Gasteiger partial charge in [-0.25, -0.2) is 4.98 Å². The lowest BCUT2D eigenvalue weighted by Crippen LogP contribution is -2.10. The maximum Gasteiger partial charge on any atom is 0.281 e. The Morgan fingerprint density at radius 2 is 1.89 bits per heavy atom. The molecule has 94 valence electrons. The average Bonchev–Trinajstić information content (AvgIpc) is 2.41. The number of aromatic nitrogens is 2. The Balaban J connectivity index is 2.08. The van der Waals surface area contributed by atoms with E-state index in [1.54, 1.807) is 0 Å². The Labute approximate surface area is 114 Å². The van der Waals surface area contributed by atoms with E-state index in [0.29, 0.717) is 5.03 Å². The second-order valence-corrected chi connectivity index (χ2v) is 5.37. The number of nitrogens with zero attached hydrogens (tertiary/aromatic N) is 1. The largest absolute Gasteiger partial charge is 0.318 e. The molecule has 1 N–H and O–H groups in total. The summed E-state index contributed by atoms with van der Waals surface area (Å²) in [7, 11) is 0. The van der Waals surface area contributed by atoms with Gasteiger partial charge < -0.3 is 4.98 Å². The van der Waals surface area contributed by atoms with Crippen LogP contribution in [0.5, 0.6) is 0 Å². The molecule has 3 rings (SSSR count). The molecule has 4 heteroatoms. The smallest absolute Gasteiger partial charge is 0.281 e. The number of fused-ring (bicyclic) bond motifs is 1. The van der Waals surface area contributed by atoms with Gasteiger partial charge in [-0.05, 0) is 36.8 Å². The van der Waals surface area contributed by atoms with E-state index in [-0.39, 0.29) is 5.56 Å². The van der Waals surface area contributed by atoms with Crippen LogP contribution in [0.2, 0.25) is 0 Å². The zero-order chi connectivity index (χ0) is 13.2. The first kappa shape index (κ1) is 12.0. The highest BCUT2D eigenvalue weighted by molar-refractivity contribution is 7.99. The third kappa shape index (κ3) is 2.53. The van der Waals surface area contributed by atoms with Crippen LogP contribution in [-0.2, 0) is 0 Å². The summed E-state index contributed by atoms with van der Waals surface area (Å²) in [4.78, 5) is 20.3. The minimum Gasteiger partial charge on any atom is -0.318 e. The fourth-order valence-electron chi connectivity index (χ4n) is 1.85. The first-order valence-electron chi connectivity index (χ1n) is 5.96. The monoisotopic (exact) mass is 268 g/mol. The van der Waals surface area contributed by atoms with E-state index >= 15 is 0 Å². The summed E-state index contributed by atoms with van der Waals surface area (Å²) in [6, 6.07) is 15.6. The van der Waals surface area contributed by atoms with E-state index in [2.05, 4.69) is 9.97 Å². The average molecular weight is 268 g/mol. The van der Waals surface area contributed by atoms with E-state index in [1.165, 1.54) is 11.8 Å². The van der Waals surface area contributed by atoms with Crippen LogP contribution in [0, 0.1) is 6.92 Å². The van der Waals surface area contributed by atoms with Crippen molar-refractivity contribution >= 4 is 22.8 Å². The second-order valence-electron chi connectivity index (χ2n) is 4.31. The minimum absolute atomic E-state index is 0.148. The third-order valence-electron chi connectivity index (χ3n) is 2.78. The molecule has 19 heavy (non-hydrogen) atoms. The Morgan fingerprint density at radius 1 is 1.11 bits per heavy atom. The van der Waals surface area contributed by atoms with Gasteiger partial charge in [-0.2, -0.15) is 0 Å². The topological polar surface area (TPSA) is 45.8 Å². The van der Waals surface area contributed by atoms with Gasteiger partial charge in [-0.1, -0.05) is 36.0 Å². The fraction of sp³-hybridized carbons (Fsp3) is 0.0667. The van der Waals surface area contributed by atoms with Crippen molar-refractivity contribution in [3.63, 3.8) is 0 Å². The Morgan fingerprint density at radius 3 is 2.68 bits per heavy atom. The van der Waals surface area contributed by atoms with Gasteiger partial charge in [0.2, 0.25) is 0 Å². The van der Waals surface area contributed by atoms with Gasteiger partial charge in [0.25, 0.3) is 5.56 Å². The standard InChI is InChI=1S/C15H12N2OS/c1-10-7-8-12-13(9-10)17-15(14(18)16-12)19-11-5-3-2-4-6-11/h2-9H,1H3,(H,16,18). The molecular formula is C15H12N2OS. The number of H-pyrrole nitrogens is 1. The van der Waals surface area contributed by atoms with Crippen LogP contribution in [0.3, 0.4) is 0 Å². The van der Waals surface area contributed by atoms with E-state index in [0.717, 1.165) is 21.5 Å². The molecule has 0 bridgehead atoms. The van der Waals surface area contributed by atoms with Crippen molar-refractivity contribution in [1.82, 2.24) is 9.97 Å². The van der Waals surface area contributed by atoms with Crippen LogP contribution in [-0.4, -0.2) is 9.97 Å². The maximum atomic E-state index is 12.0. The first-order valence-corrected chi connectivity index (χ1v) is 6.77. The van der Waals surface area contributed by atoms with Crippen LogP contribution >= 0.6 is 11.8 Å². The van der Waals surface area contributed by atoms with Gasteiger partial charge in [0.1, 0.15) is 0 Å². The predicted octanol–water partition coefficient (Wildman–Crippen LogP) is 3.38. The lowest BCUT2D eigenvalue weighted by Gasteiger charge is -2.03.